The number of nitrogens with one attached hydrogen (secondary N) is 1. The fourth-order valence-corrected chi connectivity index (χ4v) is 2.34. The molecule has 0 saturated carbocycles. The number of likely N-dealkylation sites (tertiary alicyclic amines) is 1. The highest BCUT2D eigenvalue weighted by molar-refractivity contribution is 5.11. The highest BCUT2D eigenvalue weighted by Gasteiger charge is 2.20. The van der Waals surface area contributed by atoms with Crippen LogP contribution in [0.25, 0.3) is 0 Å². The van der Waals surface area contributed by atoms with Crippen molar-refractivity contribution in [1.29, 1.82) is 0 Å². The Hall–Kier alpha value is -1.20. The fourth-order valence-electron chi connectivity index (χ4n) is 2.34. The van der Waals surface area contributed by atoms with E-state index in [0.29, 0.717) is 11.9 Å². The van der Waals surface area contributed by atoms with Crippen molar-refractivity contribution >= 4 is 0 Å². The molecule has 0 amide bonds. The molecule has 1 unspecified atom stereocenters. The summed E-state index contributed by atoms with van der Waals surface area (Å²) in [7, 11) is 4.08. The lowest BCUT2D eigenvalue weighted by Crippen LogP contribution is -2.26. The van der Waals surface area contributed by atoms with E-state index in [-0.39, 0.29) is 0 Å². The first kappa shape index (κ1) is 13.2. The first-order valence-corrected chi connectivity index (χ1v) is 6.60. The van der Waals surface area contributed by atoms with E-state index in [1.165, 1.54) is 19.4 Å². The maximum Gasteiger partial charge on any atom is 0.233 e. The molecule has 1 aliphatic rings. The fraction of sp³-hybridized carbons (Fsp3) is 0.692. The molecule has 0 bridgehead atoms. The second kappa shape index (κ2) is 6.66. The van der Waals surface area contributed by atoms with Gasteiger partial charge in [0.2, 0.25) is 5.88 Å². The summed E-state index contributed by atoms with van der Waals surface area (Å²) < 4.78 is 5.63. The quantitative estimate of drug-likeness (QED) is 0.818. The van der Waals surface area contributed by atoms with E-state index in [1.54, 1.807) is 0 Å². The maximum atomic E-state index is 5.63. The zero-order chi connectivity index (χ0) is 12.8. The van der Waals surface area contributed by atoms with E-state index >= 15 is 0 Å². The summed E-state index contributed by atoms with van der Waals surface area (Å²) in [4.78, 5) is 2.41. The lowest BCUT2D eigenvalue weighted by molar-refractivity contribution is 0.227. The minimum Gasteiger partial charge on any atom is -0.477 e. The first-order valence-electron chi connectivity index (χ1n) is 6.60. The van der Waals surface area contributed by atoms with Crippen molar-refractivity contribution in [1.82, 2.24) is 20.4 Å². The minimum absolute atomic E-state index is 0.621. The van der Waals surface area contributed by atoms with E-state index in [2.05, 4.69) is 27.5 Å². The SMILES string of the molecule is CNCc1ccc(OCCC2CCCN2C)nn1. The van der Waals surface area contributed by atoms with Crippen LogP contribution in [0.3, 0.4) is 0 Å². The predicted octanol–water partition coefficient (Wildman–Crippen LogP) is 1.06. The van der Waals surface area contributed by atoms with Crippen LogP contribution in [0, 0.1) is 0 Å². The zero-order valence-corrected chi connectivity index (χ0v) is 11.2. The molecule has 100 valence electrons. The molecular weight excluding hydrogens is 228 g/mol. The summed E-state index contributed by atoms with van der Waals surface area (Å²) >= 11 is 0. The second-order valence-corrected chi connectivity index (χ2v) is 4.81. The van der Waals surface area contributed by atoms with E-state index in [9.17, 15) is 0 Å². The van der Waals surface area contributed by atoms with Crippen LogP contribution in [-0.4, -0.2) is 48.4 Å². The van der Waals surface area contributed by atoms with Crippen LogP contribution >= 0.6 is 0 Å². The highest BCUT2D eigenvalue weighted by Crippen LogP contribution is 2.18. The standard InChI is InChI=1S/C13H22N4O/c1-14-10-11-5-6-13(16-15-11)18-9-7-12-4-3-8-17(12)2/h5-6,12,14H,3-4,7-10H2,1-2H3. The molecule has 0 aromatic carbocycles. The monoisotopic (exact) mass is 250 g/mol. The molecule has 1 fully saturated rings. The zero-order valence-electron chi connectivity index (χ0n) is 11.2. The van der Waals surface area contributed by atoms with Crippen LogP contribution < -0.4 is 10.1 Å². The Labute approximate surface area is 109 Å². The molecular formula is C13H22N4O. The Morgan fingerprint density at radius 2 is 2.33 bits per heavy atom. The lowest BCUT2D eigenvalue weighted by Gasteiger charge is -2.18. The van der Waals surface area contributed by atoms with Crippen LogP contribution in [0.4, 0.5) is 0 Å². The Kier molecular flexibility index (Phi) is 4.90. The Morgan fingerprint density at radius 3 is 2.94 bits per heavy atom. The van der Waals surface area contributed by atoms with Gasteiger partial charge in [-0.3, -0.25) is 0 Å². The van der Waals surface area contributed by atoms with Crippen molar-refractivity contribution in [2.24, 2.45) is 0 Å². The largest absolute Gasteiger partial charge is 0.477 e. The molecule has 18 heavy (non-hydrogen) atoms. The average molecular weight is 250 g/mol. The molecule has 1 saturated heterocycles. The second-order valence-electron chi connectivity index (χ2n) is 4.81. The van der Waals surface area contributed by atoms with Crippen molar-refractivity contribution in [3.8, 4) is 5.88 Å². The van der Waals surface area contributed by atoms with Crippen molar-refractivity contribution < 1.29 is 4.74 Å². The van der Waals surface area contributed by atoms with Gasteiger partial charge in [0, 0.05) is 18.7 Å². The summed E-state index contributed by atoms with van der Waals surface area (Å²) in [6, 6.07) is 4.50. The van der Waals surface area contributed by atoms with Gasteiger partial charge in [-0.25, -0.2) is 0 Å². The Bertz CT molecular complexity index is 355. The Balaban J connectivity index is 1.72. The number of nitrogens with zero attached hydrogens (tertiary/aromatic N) is 3. The van der Waals surface area contributed by atoms with E-state index in [1.807, 2.05) is 19.2 Å². The summed E-state index contributed by atoms with van der Waals surface area (Å²) in [5.74, 6) is 0.621. The lowest BCUT2D eigenvalue weighted by atomic mass is 10.1. The molecule has 1 aliphatic heterocycles. The molecule has 1 atom stereocenters. The van der Waals surface area contributed by atoms with E-state index in [4.69, 9.17) is 4.74 Å². The topological polar surface area (TPSA) is 50.3 Å². The summed E-state index contributed by atoms with van der Waals surface area (Å²) in [6.07, 6.45) is 3.66. The Morgan fingerprint density at radius 1 is 1.44 bits per heavy atom. The molecule has 0 spiro atoms. The van der Waals surface area contributed by atoms with Gasteiger partial charge in [0.05, 0.1) is 12.3 Å². The highest BCUT2D eigenvalue weighted by atomic mass is 16.5. The van der Waals surface area contributed by atoms with E-state index in [0.717, 1.165) is 25.3 Å². The van der Waals surface area contributed by atoms with E-state index < -0.39 is 0 Å². The number of hydrogen-bond donors (Lipinski definition) is 1. The van der Waals surface area contributed by atoms with Crippen LogP contribution in [0.2, 0.25) is 0 Å². The number of ether oxygens (including phenoxy) is 1. The third kappa shape index (κ3) is 3.65. The molecule has 1 aromatic rings. The third-order valence-electron chi connectivity index (χ3n) is 3.43. The predicted molar refractivity (Wildman–Crippen MR) is 70.6 cm³/mol. The van der Waals surface area contributed by atoms with Gasteiger partial charge < -0.3 is 15.0 Å². The summed E-state index contributed by atoms with van der Waals surface area (Å²) in [5, 5.41) is 11.2. The van der Waals surface area contributed by atoms with Gasteiger partial charge in [0.1, 0.15) is 0 Å². The third-order valence-corrected chi connectivity index (χ3v) is 3.43. The molecule has 2 rings (SSSR count). The van der Waals surface area contributed by atoms with Gasteiger partial charge in [0.15, 0.2) is 0 Å². The van der Waals surface area contributed by atoms with Crippen LogP contribution in [-0.2, 0) is 6.54 Å². The van der Waals surface area contributed by atoms with Crippen molar-refractivity contribution in [3.63, 3.8) is 0 Å². The molecule has 5 nitrogen and oxygen atoms in total. The normalized spacial score (nSPS) is 20.2. The maximum absolute atomic E-state index is 5.63. The van der Waals surface area contributed by atoms with Gasteiger partial charge in [-0.15, -0.1) is 5.10 Å². The van der Waals surface area contributed by atoms with Gasteiger partial charge in [-0.2, -0.15) is 5.10 Å². The molecule has 0 aliphatic carbocycles. The van der Waals surface area contributed by atoms with Gasteiger partial charge in [-0.05, 0) is 46.0 Å². The van der Waals surface area contributed by atoms with Gasteiger partial charge in [-0.1, -0.05) is 0 Å². The van der Waals surface area contributed by atoms with Crippen LogP contribution in [0.15, 0.2) is 12.1 Å². The number of aromatic nitrogens is 2. The summed E-state index contributed by atoms with van der Waals surface area (Å²) in [5.41, 5.74) is 0.931. The van der Waals surface area contributed by atoms with Crippen LogP contribution in [0.1, 0.15) is 25.0 Å². The summed E-state index contributed by atoms with van der Waals surface area (Å²) in [6.45, 7) is 2.67. The molecule has 1 N–H and O–H groups in total. The molecule has 0 radical (unpaired) electrons. The first-order chi connectivity index (χ1) is 8.79. The van der Waals surface area contributed by atoms with Crippen LogP contribution in [0.5, 0.6) is 5.88 Å². The van der Waals surface area contributed by atoms with Crippen molar-refractivity contribution in [2.75, 3.05) is 27.2 Å². The van der Waals surface area contributed by atoms with Gasteiger partial charge in [0.25, 0.3) is 0 Å². The van der Waals surface area contributed by atoms with Crippen molar-refractivity contribution in [2.45, 2.75) is 31.8 Å². The molecule has 2 heterocycles. The smallest absolute Gasteiger partial charge is 0.233 e. The average Bonchev–Trinajstić information content (AvgIpc) is 2.78. The van der Waals surface area contributed by atoms with Gasteiger partial charge >= 0.3 is 0 Å². The van der Waals surface area contributed by atoms with Crippen molar-refractivity contribution in [3.05, 3.63) is 17.8 Å². The molecule has 5 heteroatoms. The minimum atomic E-state index is 0.621. The number of hydrogen-bond acceptors (Lipinski definition) is 5. The number of rotatable bonds is 6. The molecule has 1 aromatic heterocycles.